The molecule has 4 aromatic rings. The number of alkyl carbamates (subject to hydrolysis) is 1. The number of nitrogens with zero attached hydrogens (tertiary/aromatic N) is 4. The Bertz CT molecular complexity index is 2200. The fourth-order valence-electron chi connectivity index (χ4n) is 9.54. The molecule has 2 aromatic heterocycles. The maximum Gasteiger partial charge on any atom is 0.407 e. The second-order valence-corrected chi connectivity index (χ2v) is 16.7. The molecule has 4 aliphatic rings. The van der Waals surface area contributed by atoms with Gasteiger partial charge in [-0.25, -0.2) is 19.6 Å². The monoisotopic (exact) mass is 776 g/mol. The highest BCUT2D eigenvalue weighted by molar-refractivity contribution is 5.88. The molecule has 4 atom stereocenters. The lowest BCUT2D eigenvalue weighted by atomic mass is 9.62. The van der Waals surface area contributed by atoms with E-state index >= 15 is 0 Å². The number of amides is 4. The number of aromatic nitrogens is 4. The average molecular weight is 777 g/mol. The lowest BCUT2D eigenvalue weighted by molar-refractivity contribution is -0.136. The van der Waals surface area contributed by atoms with E-state index in [9.17, 15) is 24.3 Å². The molecule has 0 bridgehead atoms. The van der Waals surface area contributed by atoms with Crippen LogP contribution in [0, 0.1) is 11.8 Å². The Hall–Kier alpha value is -5.66. The number of aromatic amines is 2. The number of hydrogen-bond donors (Lipinski definition) is 5. The van der Waals surface area contributed by atoms with Crippen LogP contribution in [0.4, 0.5) is 9.59 Å². The van der Waals surface area contributed by atoms with Crippen LogP contribution in [0.25, 0.3) is 33.6 Å². The maximum absolute atomic E-state index is 13.7. The normalized spacial score (nSPS) is 20.3. The molecule has 8 rings (SSSR count). The van der Waals surface area contributed by atoms with E-state index < -0.39 is 24.3 Å². The van der Waals surface area contributed by atoms with E-state index in [0.29, 0.717) is 18.9 Å². The maximum atomic E-state index is 13.7. The van der Waals surface area contributed by atoms with Gasteiger partial charge in [0.25, 0.3) is 0 Å². The average Bonchev–Trinajstić information content (AvgIpc) is 4.02. The number of carbonyl (C=O) groups excluding carboxylic acids is 3. The van der Waals surface area contributed by atoms with Crippen molar-refractivity contribution in [2.45, 2.75) is 102 Å². The number of rotatable bonds is 10. The number of carboxylic acid groups (broad SMARTS) is 1. The van der Waals surface area contributed by atoms with E-state index in [4.69, 9.17) is 14.7 Å². The molecular weight excluding hydrogens is 725 g/mol. The molecule has 2 aromatic carbocycles. The molecule has 2 aliphatic carbocycles. The van der Waals surface area contributed by atoms with Gasteiger partial charge in [-0.3, -0.25) is 9.59 Å². The van der Waals surface area contributed by atoms with Crippen molar-refractivity contribution >= 4 is 24.0 Å². The highest BCUT2D eigenvalue weighted by atomic mass is 16.5. The summed E-state index contributed by atoms with van der Waals surface area (Å²) in [6.07, 6.45) is 8.33. The molecule has 1 saturated carbocycles. The number of hydrogen-bond acceptors (Lipinski definition) is 7. The molecule has 4 heterocycles. The van der Waals surface area contributed by atoms with Crippen LogP contribution in [-0.4, -0.2) is 91.1 Å². The topological polar surface area (TPSA) is 186 Å². The van der Waals surface area contributed by atoms with Gasteiger partial charge in [-0.2, -0.15) is 0 Å². The summed E-state index contributed by atoms with van der Waals surface area (Å²) in [5, 5.41) is 14.5. The first kappa shape index (κ1) is 38.2. The zero-order valence-corrected chi connectivity index (χ0v) is 33.2. The Morgan fingerprint density at radius 3 is 1.63 bits per heavy atom. The van der Waals surface area contributed by atoms with Crippen LogP contribution < -0.4 is 10.6 Å². The van der Waals surface area contributed by atoms with Crippen LogP contribution in [0.5, 0.6) is 0 Å². The predicted molar refractivity (Wildman–Crippen MR) is 213 cm³/mol. The highest BCUT2D eigenvalue weighted by Gasteiger charge is 2.48. The Balaban J connectivity index is 1.03. The largest absolute Gasteiger partial charge is 0.465 e. The summed E-state index contributed by atoms with van der Waals surface area (Å²) < 4.78 is 4.79. The number of imidazole rings is 2. The quantitative estimate of drug-likeness (QED) is 0.115. The van der Waals surface area contributed by atoms with Gasteiger partial charge in [0.15, 0.2) is 0 Å². The van der Waals surface area contributed by atoms with Crippen molar-refractivity contribution in [2.24, 2.45) is 11.8 Å². The van der Waals surface area contributed by atoms with Crippen LogP contribution in [0.2, 0.25) is 0 Å². The number of methoxy groups -OCH3 is 1. The Morgan fingerprint density at radius 2 is 1.23 bits per heavy atom. The molecule has 0 radical (unpaired) electrons. The zero-order chi connectivity index (χ0) is 40.2. The standard InChI is InChI=1S/C43H52N8O6/c1-23(2)35(48-41(54)55)39(52)50-17-6-9-33(50)37-44-21-31(46-37)25-11-13-27-28-14-12-26(20-30(28)43(15-8-16-43)29(27)19-25)32-22-45-38(47-32)34-10-7-18-51(34)40(53)36(24(3)4)49-42(56)57-5/h11-14,19-24,33-36,48H,6-10,15-18H2,1-5H3,(H,44,46)(H,45,47)(H,49,56)(H,54,55)/t33-,34-,35-,36-/m0/s1. The first-order chi connectivity index (χ1) is 27.4. The van der Waals surface area contributed by atoms with Crippen molar-refractivity contribution in [1.82, 2.24) is 40.4 Å². The van der Waals surface area contributed by atoms with Crippen LogP contribution in [0.1, 0.15) is 108 Å². The lowest BCUT2D eigenvalue weighted by Crippen LogP contribution is -2.51. The number of carbonyl (C=O) groups is 4. The molecule has 300 valence electrons. The first-order valence-electron chi connectivity index (χ1n) is 20.2. The summed E-state index contributed by atoms with van der Waals surface area (Å²) in [4.78, 5) is 71.0. The van der Waals surface area contributed by atoms with Gasteiger partial charge >= 0.3 is 12.2 Å². The van der Waals surface area contributed by atoms with Crippen molar-refractivity contribution in [3.05, 3.63) is 71.6 Å². The molecule has 4 amide bonds. The second kappa shape index (κ2) is 15.0. The number of H-pyrrole nitrogens is 2. The number of likely N-dealkylation sites (tertiary alicyclic amines) is 2. The summed E-state index contributed by atoms with van der Waals surface area (Å²) in [6.45, 7) is 8.66. The molecule has 3 fully saturated rings. The fourth-order valence-corrected chi connectivity index (χ4v) is 9.54. The van der Waals surface area contributed by atoms with E-state index in [0.717, 1.165) is 73.3 Å². The van der Waals surface area contributed by atoms with E-state index in [1.165, 1.54) is 29.4 Å². The van der Waals surface area contributed by atoms with Gasteiger partial charge in [0.1, 0.15) is 23.7 Å². The number of fused-ring (bicyclic) bond motifs is 5. The third-order valence-electron chi connectivity index (χ3n) is 12.7. The van der Waals surface area contributed by atoms with Gasteiger partial charge in [0, 0.05) is 18.5 Å². The Kier molecular flexibility index (Phi) is 10.1. The Labute approximate surface area is 332 Å². The third kappa shape index (κ3) is 6.72. The van der Waals surface area contributed by atoms with Gasteiger partial charge in [0.2, 0.25) is 11.8 Å². The molecule has 1 spiro atoms. The number of benzene rings is 2. The summed E-state index contributed by atoms with van der Waals surface area (Å²) in [5.41, 5.74) is 8.88. The fraction of sp³-hybridized carbons (Fsp3) is 0.488. The second-order valence-electron chi connectivity index (χ2n) is 16.7. The SMILES string of the molecule is COC(=O)N[C@H](C(=O)N1CCC[C@H]1c1ncc(-c2ccc3c(c2)C2(CCC2)c2cc(-c4cnc([C@@H]5CCCN5C(=O)[C@@H](NC(=O)O)C(C)C)[nH]4)ccc2-3)[nH]1)C(C)C. The highest BCUT2D eigenvalue weighted by Crippen LogP contribution is 2.59. The molecular formula is C43H52N8O6. The van der Waals surface area contributed by atoms with E-state index in [-0.39, 0.29) is 41.1 Å². The van der Waals surface area contributed by atoms with Crippen molar-refractivity contribution in [3.8, 4) is 33.6 Å². The predicted octanol–water partition coefficient (Wildman–Crippen LogP) is 6.92. The molecule has 14 nitrogen and oxygen atoms in total. The summed E-state index contributed by atoms with van der Waals surface area (Å²) in [7, 11) is 1.30. The molecule has 0 unspecified atom stereocenters. The minimum Gasteiger partial charge on any atom is -0.465 e. The van der Waals surface area contributed by atoms with Gasteiger partial charge in [0.05, 0.1) is 43.0 Å². The smallest absolute Gasteiger partial charge is 0.407 e. The van der Waals surface area contributed by atoms with Crippen molar-refractivity contribution in [2.75, 3.05) is 20.2 Å². The summed E-state index contributed by atoms with van der Waals surface area (Å²) in [6, 6.07) is 11.3. The van der Waals surface area contributed by atoms with Gasteiger partial charge < -0.3 is 40.2 Å². The number of ether oxygens (including phenoxy) is 1. The molecule has 2 aliphatic heterocycles. The molecule has 5 N–H and O–H groups in total. The van der Waals surface area contributed by atoms with Crippen LogP contribution >= 0.6 is 0 Å². The van der Waals surface area contributed by atoms with Crippen molar-refractivity contribution in [3.63, 3.8) is 0 Å². The Morgan fingerprint density at radius 1 is 0.754 bits per heavy atom. The van der Waals surface area contributed by atoms with Gasteiger partial charge in [-0.05, 0) is 95.9 Å². The third-order valence-corrected chi connectivity index (χ3v) is 12.7. The molecule has 2 saturated heterocycles. The van der Waals surface area contributed by atoms with E-state index in [1.54, 1.807) is 4.90 Å². The zero-order valence-electron chi connectivity index (χ0n) is 33.2. The van der Waals surface area contributed by atoms with E-state index in [1.807, 2.05) is 45.0 Å². The summed E-state index contributed by atoms with van der Waals surface area (Å²) >= 11 is 0. The van der Waals surface area contributed by atoms with Gasteiger partial charge in [-0.1, -0.05) is 58.4 Å². The summed E-state index contributed by atoms with van der Waals surface area (Å²) in [5.74, 6) is 0.796. The molecule has 14 heteroatoms. The van der Waals surface area contributed by atoms with Gasteiger partial charge in [-0.15, -0.1) is 0 Å². The van der Waals surface area contributed by atoms with E-state index in [2.05, 4.69) is 57.0 Å². The van der Waals surface area contributed by atoms with Crippen LogP contribution in [0.15, 0.2) is 48.8 Å². The number of nitrogens with one attached hydrogen (secondary N) is 4. The van der Waals surface area contributed by atoms with Crippen LogP contribution in [0.3, 0.4) is 0 Å². The minimum atomic E-state index is -1.21. The van der Waals surface area contributed by atoms with Crippen molar-refractivity contribution in [1.29, 1.82) is 0 Å². The molecule has 57 heavy (non-hydrogen) atoms. The van der Waals surface area contributed by atoms with Crippen LogP contribution in [-0.2, 0) is 19.7 Å². The lowest BCUT2D eigenvalue weighted by Gasteiger charge is -2.41. The minimum absolute atomic E-state index is 0.0901. The van der Waals surface area contributed by atoms with Crippen molar-refractivity contribution < 1.29 is 29.0 Å². The first-order valence-corrected chi connectivity index (χ1v) is 20.2.